The fourth-order valence-corrected chi connectivity index (χ4v) is 1.31. The van der Waals surface area contributed by atoms with Crippen LogP contribution in [0.3, 0.4) is 0 Å². The minimum absolute atomic E-state index is 0.0244. The molecule has 0 aliphatic rings. The Morgan fingerprint density at radius 1 is 1.41 bits per heavy atom. The van der Waals surface area contributed by atoms with Crippen molar-refractivity contribution in [3.63, 3.8) is 0 Å². The number of non-ortho nitro benzene ring substituents is 1. The highest BCUT2D eigenvalue weighted by molar-refractivity contribution is 7.80. The second-order valence-corrected chi connectivity index (χ2v) is 3.61. The average molecular weight is 256 g/mol. The lowest BCUT2D eigenvalue weighted by molar-refractivity contribution is -0.384. The summed E-state index contributed by atoms with van der Waals surface area (Å²) in [5.41, 5.74) is 0.776. The molecule has 17 heavy (non-hydrogen) atoms. The van der Waals surface area contributed by atoms with Gasteiger partial charge < -0.3 is 0 Å². The molecule has 0 fully saturated rings. The highest BCUT2D eigenvalue weighted by Crippen LogP contribution is 2.12. The minimum atomic E-state index is -0.469. The number of nitro benzene ring substituents is 1. The number of rotatable bonds is 7. The molecular formula is C10H12N2O4S. The maximum Gasteiger partial charge on any atom is 0.269 e. The summed E-state index contributed by atoms with van der Waals surface area (Å²) in [6.07, 6.45) is 0.571. The Bertz CT molecular complexity index is 382. The molecule has 92 valence electrons. The van der Waals surface area contributed by atoms with E-state index in [9.17, 15) is 14.9 Å². The van der Waals surface area contributed by atoms with Crippen molar-refractivity contribution in [1.29, 1.82) is 0 Å². The van der Waals surface area contributed by atoms with Crippen LogP contribution in [0.15, 0.2) is 24.3 Å². The molecule has 0 saturated carbocycles. The van der Waals surface area contributed by atoms with E-state index < -0.39 is 4.92 Å². The molecule has 0 radical (unpaired) electrons. The number of nitrogens with zero attached hydrogens (tertiary/aromatic N) is 2. The van der Waals surface area contributed by atoms with Crippen molar-refractivity contribution in [2.45, 2.75) is 6.61 Å². The van der Waals surface area contributed by atoms with Crippen molar-refractivity contribution in [3.8, 4) is 0 Å². The molecule has 1 rings (SSSR count). The van der Waals surface area contributed by atoms with E-state index in [0.29, 0.717) is 18.7 Å². The highest BCUT2D eigenvalue weighted by Gasteiger charge is 2.05. The second kappa shape index (κ2) is 6.87. The number of thiol groups is 1. The third-order valence-electron chi connectivity index (χ3n) is 1.98. The molecule has 0 unspecified atom stereocenters. The van der Waals surface area contributed by atoms with Crippen molar-refractivity contribution in [2.24, 2.45) is 0 Å². The Labute approximate surface area is 104 Å². The summed E-state index contributed by atoms with van der Waals surface area (Å²) in [7, 11) is 0. The monoisotopic (exact) mass is 256 g/mol. The number of hydrogen-bond acceptors (Lipinski definition) is 5. The van der Waals surface area contributed by atoms with Crippen molar-refractivity contribution in [1.82, 2.24) is 5.06 Å². The molecule has 0 aliphatic carbocycles. The van der Waals surface area contributed by atoms with Crippen molar-refractivity contribution in [2.75, 3.05) is 12.3 Å². The molecule has 0 saturated heterocycles. The van der Waals surface area contributed by atoms with E-state index in [1.807, 2.05) is 0 Å². The van der Waals surface area contributed by atoms with E-state index in [1.165, 1.54) is 12.1 Å². The molecule has 0 bridgehead atoms. The van der Waals surface area contributed by atoms with Gasteiger partial charge in [0, 0.05) is 17.9 Å². The van der Waals surface area contributed by atoms with Gasteiger partial charge in [-0.3, -0.25) is 19.7 Å². The SMILES string of the molecule is O=CN(CCS)OCc1ccc([N+](=O)[O-])cc1. The predicted molar refractivity (Wildman–Crippen MR) is 64.5 cm³/mol. The van der Waals surface area contributed by atoms with Gasteiger partial charge >= 0.3 is 0 Å². The van der Waals surface area contributed by atoms with Crippen LogP contribution in [-0.2, 0) is 16.2 Å². The highest BCUT2D eigenvalue weighted by atomic mass is 32.1. The lowest BCUT2D eigenvalue weighted by Crippen LogP contribution is -2.24. The number of benzene rings is 1. The fraction of sp³-hybridized carbons (Fsp3) is 0.300. The standard InChI is InChI=1S/C10H12N2O4S/c13-8-11(5-6-17)16-7-9-1-3-10(4-2-9)12(14)15/h1-4,8,17H,5-7H2. The van der Waals surface area contributed by atoms with Crippen LogP contribution in [0.1, 0.15) is 5.56 Å². The normalized spacial score (nSPS) is 9.94. The molecule has 0 atom stereocenters. The molecule has 0 spiro atoms. The quantitative estimate of drug-likeness (QED) is 0.346. The molecule has 0 aliphatic heterocycles. The van der Waals surface area contributed by atoms with Crippen LogP contribution in [0.25, 0.3) is 0 Å². The zero-order valence-electron chi connectivity index (χ0n) is 8.98. The third-order valence-corrected chi connectivity index (χ3v) is 2.18. The molecule has 1 aromatic rings. The summed E-state index contributed by atoms with van der Waals surface area (Å²) >= 11 is 3.97. The van der Waals surface area contributed by atoms with Gasteiger partial charge in [0.1, 0.15) is 6.61 Å². The molecule has 0 aromatic heterocycles. The van der Waals surface area contributed by atoms with Gasteiger partial charge in [0.05, 0.1) is 11.5 Å². The summed E-state index contributed by atoms with van der Waals surface area (Å²) < 4.78 is 0. The molecule has 1 amide bonds. The van der Waals surface area contributed by atoms with Crippen LogP contribution < -0.4 is 0 Å². The van der Waals surface area contributed by atoms with E-state index in [2.05, 4.69) is 12.6 Å². The van der Waals surface area contributed by atoms with Crippen LogP contribution in [0.5, 0.6) is 0 Å². The third kappa shape index (κ3) is 4.41. The summed E-state index contributed by atoms with van der Waals surface area (Å²) in [6.45, 7) is 0.574. The summed E-state index contributed by atoms with van der Waals surface area (Å²) in [4.78, 5) is 25.7. The van der Waals surface area contributed by atoms with Crippen molar-refractivity contribution < 1.29 is 14.6 Å². The first-order valence-electron chi connectivity index (χ1n) is 4.86. The Morgan fingerprint density at radius 3 is 2.53 bits per heavy atom. The van der Waals surface area contributed by atoms with E-state index in [1.54, 1.807) is 12.1 Å². The van der Waals surface area contributed by atoms with Gasteiger partial charge in [0.15, 0.2) is 0 Å². The Kier molecular flexibility index (Phi) is 5.44. The summed E-state index contributed by atoms with van der Waals surface area (Å²) in [6, 6.07) is 5.95. The maximum atomic E-state index is 10.5. The Morgan fingerprint density at radius 2 is 2.06 bits per heavy atom. The van der Waals surface area contributed by atoms with Gasteiger partial charge in [-0.25, -0.2) is 5.06 Å². The number of carbonyl (C=O) groups excluding carboxylic acids is 1. The van der Waals surface area contributed by atoms with Gasteiger partial charge in [-0.05, 0) is 17.7 Å². The smallest absolute Gasteiger partial charge is 0.269 e. The Balaban J connectivity index is 2.51. The van der Waals surface area contributed by atoms with Gasteiger partial charge in [-0.1, -0.05) is 0 Å². The van der Waals surface area contributed by atoms with Crippen LogP contribution in [0.4, 0.5) is 5.69 Å². The van der Waals surface area contributed by atoms with E-state index in [0.717, 1.165) is 10.6 Å². The van der Waals surface area contributed by atoms with E-state index in [4.69, 9.17) is 4.84 Å². The zero-order chi connectivity index (χ0) is 12.7. The molecule has 0 heterocycles. The van der Waals surface area contributed by atoms with Gasteiger partial charge in [0.25, 0.3) is 5.69 Å². The second-order valence-electron chi connectivity index (χ2n) is 3.17. The summed E-state index contributed by atoms with van der Waals surface area (Å²) in [5, 5.41) is 11.6. The number of hydrogen-bond donors (Lipinski definition) is 1. The first kappa shape index (κ1) is 13.5. The van der Waals surface area contributed by atoms with Crippen LogP contribution in [-0.4, -0.2) is 28.7 Å². The first-order chi connectivity index (χ1) is 8.17. The number of amides is 1. The summed E-state index contributed by atoms with van der Waals surface area (Å²) in [5.74, 6) is 0.499. The molecule has 6 nitrogen and oxygen atoms in total. The fourth-order valence-electron chi connectivity index (χ4n) is 1.12. The first-order valence-corrected chi connectivity index (χ1v) is 5.49. The lowest BCUT2D eigenvalue weighted by Gasteiger charge is -2.15. The molecule has 7 heteroatoms. The number of nitro groups is 1. The van der Waals surface area contributed by atoms with Crippen LogP contribution in [0.2, 0.25) is 0 Å². The topological polar surface area (TPSA) is 72.7 Å². The van der Waals surface area contributed by atoms with Gasteiger partial charge in [-0.15, -0.1) is 0 Å². The van der Waals surface area contributed by atoms with Gasteiger partial charge in [0.2, 0.25) is 6.41 Å². The maximum absolute atomic E-state index is 10.5. The Hall–Kier alpha value is -1.60. The van der Waals surface area contributed by atoms with E-state index >= 15 is 0 Å². The largest absolute Gasteiger partial charge is 0.276 e. The molecular weight excluding hydrogens is 244 g/mol. The lowest BCUT2D eigenvalue weighted by atomic mass is 10.2. The van der Waals surface area contributed by atoms with Gasteiger partial charge in [-0.2, -0.15) is 12.6 Å². The average Bonchev–Trinajstić information content (AvgIpc) is 2.35. The van der Waals surface area contributed by atoms with E-state index in [-0.39, 0.29) is 12.3 Å². The molecule has 0 N–H and O–H groups in total. The number of carbonyl (C=O) groups is 1. The van der Waals surface area contributed by atoms with Crippen LogP contribution in [0, 0.1) is 10.1 Å². The number of hydroxylamine groups is 2. The molecule has 1 aromatic carbocycles. The zero-order valence-corrected chi connectivity index (χ0v) is 9.88. The van der Waals surface area contributed by atoms with Crippen molar-refractivity contribution >= 4 is 24.7 Å². The van der Waals surface area contributed by atoms with Crippen molar-refractivity contribution in [3.05, 3.63) is 39.9 Å². The predicted octanol–water partition coefficient (Wildman–Crippen LogP) is 1.41. The van der Waals surface area contributed by atoms with Crippen LogP contribution >= 0.6 is 12.6 Å². The minimum Gasteiger partial charge on any atom is -0.276 e.